The highest BCUT2D eigenvalue weighted by atomic mass is 32.2. The van der Waals surface area contributed by atoms with Crippen molar-refractivity contribution in [3.63, 3.8) is 0 Å². The van der Waals surface area contributed by atoms with Crippen LogP contribution in [0.25, 0.3) is 10.9 Å². The zero-order chi connectivity index (χ0) is 16.7. The van der Waals surface area contributed by atoms with Crippen molar-refractivity contribution in [3.05, 3.63) is 60.2 Å². The Labute approximate surface area is 140 Å². The highest BCUT2D eigenvalue weighted by molar-refractivity contribution is 7.92. The van der Waals surface area contributed by atoms with Gasteiger partial charge in [0.1, 0.15) is 17.1 Å². The topological polar surface area (TPSA) is 59.5 Å². The molecule has 2 aromatic carbocycles. The van der Waals surface area contributed by atoms with Crippen molar-refractivity contribution in [1.29, 1.82) is 0 Å². The molecule has 0 fully saturated rings. The van der Waals surface area contributed by atoms with Crippen LogP contribution in [0.4, 0.5) is 5.82 Å². The molecule has 0 bridgehead atoms. The molecule has 1 aliphatic rings. The van der Waals surface area contributed by atoms with E-state index in [1.165, 1.54) is 4.31 Å². The van der Waals surface area contributed by atoms with Gasteiger partial charge >= 0.3 is 0 Å². The van der Waals surface area contributed by atoms with Crippen LogP contribution < -0.4 is 9.04 Å². The lowest BCUT2D eigenvalue weighted by atomic mass is 10.1. The Morgan fingerprint density at radius 3 is 2.62 bits per heavy atom. The van der Waals surface area contributed by atoms with Gasteiger partial charge in [0.15, 0.2) is 0 Å². The second-order valence-corrected chi connectivity index (χ2v) is 7.51. The molecule has 0 saturated heterocycles. The first-order valence-electron chi connectivity index (χ1n) is 7.66. The number of hydrogen-bond donors (Lipinski definition) is 0. The van der Waals surface area contributed by atoms with E-state index in [1.54, 1.807) is 37.4 Å². The number of para-hydroxylation sites is 1. The number of rotatable bonds is 3. The number of fused-ring (bicyclic) bond motifs is 2. The van der Waals surface area contributed by atoms with Gasteiger partial charge in [-0.05, 0) is 36.2 Å². The van der Waals surface area contributed by atoms with E-state index in [-0.39, 0.29) is 4.90 Å². The van der Waals surface area contributed by atoms with Crippen LogP contribution >= 0.6 is 0 Å². The van der Waals surface area contributed by atoms with Gasteiger partial charge in [-0.2, -0.15) is 0 Å². The standard InChI is InChI=1S/C18H16N2O3S/c1-23-16-9-5-6-13-12-14-10-11-20(18(14)19-17(13)16)24(21,22)15-7-3-2-4-8-15/h2-9,12H,10-11H2,1H3. The van der Waals surface area contributed by atoms with Gasteiger partial charge in [-0.3, -0.25) is 0 Å². The Hall–Kier alpha value is -2.60. The quantitative estimate of drug-likeness (QED) is 0.735. The molecule has 3 aromatic rings. The third-order valence-electron chi connectivity index (χ3n) is 4.24. The molecule has 5 nitrogen and oxygen atoms in total. The molecule has 0 unspecified atom stereocenters. The van der Waals surface area contributed by atoms with E-state index < -0.39 is 10.0 Å². The van der Waals surface area contributed by atoms with Crippen molar-refractivity contribution in [2.24, 2.45) is 0 Å². The molecular weight excluding hydrogens is 324 g/mol. The minimum absolute atomic E-state index is 0.278. The van der Waals surface area contributed by atoms with Crippen molar-refractivity contribution in [2.45, 2.75) is 11.3 Å². The molecule has 0 atom stereocenters. The molecule has 0 saturated carbocycles. The Bertz CT molecular complexity index is 1020. The number of ether oxygens (including phenoxy) is 1. The average Bonchev–Trinajstić information content (AvgIpc) is 3.03. The van der Waals surface area contributed by atoms with Crippen LogP contribution in [0.3, 0.4) is 0 Å². The number of nitrogens with zero attached hydrogens (tertiary/aromatic N) is 2. The Balaban J connectivity index is 1.88. The lowest BCUT2D eigenvalue weighted by Crippen LogP contribution is -2.29. The minimum atomic E-state index is -3.61. The Kier molecular flexibility index (Phi) is 3.42. The molecule has 2 heterocycles. The maximum atomic E-state index is 12.9. The van der Waals surface area contributed by atoms with Crippen LogP contribution in [-0.2, 0) is 16.4 Å². The molecule has 122 valence electrons. The first-order valence-corrected chi connectivity index (χ1v) is 9.10. The van der Waals surface area contributed by atoms with Gasteiger partial charge in [-0.15, -0.1) is 0 Å². The van der Waals surface area contributed by atoms with E-state index in [2.05, 4.69) is 4.98 Å². The number of anilines is 1. The third kappa shape index (κ3) is 2.22. The van der Waals surface area contributed by atoms with Crippen molar-refractivity contribution in [2.75, 3.05) is 18.0 Å². The predicted molar refractivity (Wildman–Crippen MR) is 93.0 cm³/mol. The second kappa shape index (κ2) is 5.49. The number of pyridine rings is 1. The summed E-state index contributed by atoms with van der Waals surface area (Å²) in [6.07, 6.45) is 0.654. The van der Waals surface area contributed by atoms with Crippen LogP contribution in [0.5, 0.6) is 5.75 Å². The Morgan fingerprint density at radius 1 is 1.08 bits per heavy atom. The first kappa shape index (κ1) is 15.0. The molecule has 24 heavy (non-hydrogen) atoms. The number of sulfonamides is 1. The maximum Gasteiger partial charge on any atom is 0.265 e. The summed E-state index contributed by atoms with van der Waals surface area (Å²) in [5.41, 5.74) is 1.61. The summed E-state index contributed by atoms with van der Waals surface area (Å²) in [4.78, 5) is 4.90. The van der Waals surface area contributed by atoms with Crippen molar-refractivity contribution < 1.29 is 13.2 Å². The lowest BCUT2D eigenvalue weighted by Gasteiger charge is -2.19. The zero-order valence-electron chi connectivity index (χ0n) is 13.1. The summed E-state index contributed by atoms with van der Waals surface area (Å²) in [5, 5.41) is 0.951. The number of aromatic nitrogens is 1. The smallest absolute Gasteiger partial charge is 0.265 e. The highest BCUT2D eigenvalue weighted by Crippen LogP contribution is 2.35. The molecule has 6 heteroatoms. The van der Waals surface area contributed by atoms with E-state index in [4.69, 9.17) is 4.74 Å². The zero-order valence-corrected chi connectivity index (χ0v) is 14.0. The van der Waals surface area contributed by atoms with E-state index in [1.807, 2.05) is 24.3 Å². The summed E-state index contributed by atoms with van der Waals surface area (Å²) < 4.78 is 32.6. The van der Waals surface area contributed by atoms with Crippen molar-refractivity contribution in [3.8, 4) is 5.75 Å². The molecule has 0 radical (unpaired) electrons. The van der Waals surface area contributed by atoms with E-state index in [9.17, 15) is 8.42 Å². The fourth-order valence-corrected chi connectivity index (χ4v) is 4.52. The van der Waals surface area contributed by atoms with Gasteiger partial charge in [0.25, 0.3) is 10.0 Å². The van der Waals surface area contributed by atoms with E-state index >= 15 is 0 Å². The number of benzene rings is 2. The normalized spacial score (nSPS) is 14.0. The summed E-state index contributed by atoms with van der Waals surface area (Å²) in [5.74, 6) is 1.13. The van der Waals surface area contributed by atoms with Gasteiger partial charge in [-0.25, -0.2) is 17.7 Å². The molecule has 0 amide bonds. The predicted octanol–water partition coefficient (Wildman–Crippen LogP) is 2.99. The molecule has 1 aliphatic heterocycles. The van der Waals surface area contributed by atoms with Gasteiger partial charge < -0.3 is 4.74 Å². The lowest BCUT2D eigenvalue weighted by molar-refractivity contribution is 0.419. The summed E-state index contributed by atoms with van der Waals surface area (Å²) in [7, 11) is -2.02. The summed E-state index contributed by atoms with van der Waals surface area (Å²) >= 11 is 0. The maximum absolute atomic E-state index is 12.9. The largest absolute Gasteiger partial charge is 0.494 e. The van der Waals surface area contributed by atoms with Crippen LogP contribution in [-0.4, -0.2) is 27.1 Å². The summed E-state index contributed by atoms with van der Waals surface area (Å²) in [6.45, 7) is 0.401. The van der Waals surface area contributed by atoms with Crippen LogP contribution in [0.15, 0.2) is 59.5 Å². The monoisotopic (exact) mass is 340 g/mol. The van der Waals surface area contributed by atoms with Gasteiger partial charge in [0.2, 0.25) is 0 Å². The number of methoxy groups -OCH3 is 1. The minimum Gasteiger partial charge on any atom is -0.494 e. The van der Waals surface area contributed by atoms with Gasteiger partial charge in [0.05, 0.1) is 12.0 Å². The van der Waals surface area contributed by atoms with Crippen LogP contribution in [0.1, 0.15) is 5.56 Å². The molecule has 1 aromatic heterocycles. The van der Waals surface area contributed by atoms with Gasteiger partial charge in [-0.1, -0.05) is 30.3 Å². The van der Waals surface area contributed by atoms with Gasteiger partial charge in [0, 0.05) is 11.9 Å². The average molecular weight is 340 g/mol. The van der Waals surface area contributed by atoms with E-state index in [0.717, 1.165) is 10.9 Å². The second-order valence-electron chi connectivity index (χ2n) is 5.64. The Morgan fingerprint density at radius 2 is 1.88 bits per heavy atom. The van der Waals surface area contributed by atoms with Crippen LogP contribution in [0, 0.1) is 0 Å². The fourth-order valence-electron chi connectivity index (χ4n) is 3.05. The molecular formula is C18H16N2O3S. The SMILES string of the molecule is COc1cccc2cc3c(nc12)N(S(=O)(=O)c1ccccc1)CC3. The molecule has 0 spiro atoms. The third-order valence-corrected chi connectivity index (χ3v) is 6.04. The number of hydrogen-bond acceptors (Lipinski definition) is 4. The van der Waals surface area contributed by atoms with Crippen molar-refractivity contribution >= 4 is 26.7 Å². The fraction of sp³-hybridized carbons (Fsp3) is 0.167. The summed E-state index contributed by atoms with van der Waals surface area (Å²) in [6, 6.07) is 16.1. The first-order chi connectivity index (χ1) is 11.6. The highest BCUT2D eigenvalue weighted by Gasteiger charge is 2.32. The molecule has 0 N–H and O–H groups in total. The van der Waals surface area contributed by atoms with Crippen molar-refractivity contribution in [1.82, 2.24) is 4.98 Å². The molecule has 4 rings (SSSR count). The van der Waals surface area contributed by atoms with E-state index in [0.29, 0.717) is 30.0 Å². The molecule has 0 aliphatic carbocycles. The van der Waals surface area contributed by atoms with Crippen LogP contribution in [0.2, 0.25) is 0 Å².